The largest absolute Gasteiger partial charge is 0.388 e. The number of allylic oxidation sites excluding steroid dienone is 1. The first-order valence-electron chi connectivity index (χ1n) is 7.24. The molecule has 21 heavy (non-hydrogen) atoms. The average Bonchev–Trinajstić information content (AvgIpc) is 2.57. The molecule has 0 unspecified atom stereocenters. The van der Waals surface area contributed by atoms with E-state index in [0.29, 0.717) is 0 Å². The van der Waals surface area contributed by atoms with Crippen molar-refractivity contribution >= 4 is 11.3 Å². The van der Waals surface area contributed by atoms with Crippen LogP contribution in [0.4, 0.5) is 5.69 Å². The molecule has 1 heteroatoms. The Hall–Kier alpha value is -2.46. The summed E-state index contributed by atoms with van der Waals surface area (Å²) in [6.07, 6.45) is 6.20. The zero-order chi connectivity index (χ0) is 15.7. The summed E-state index contributed by atoms with van der Waals surface area (Å²) in [6.45, 7) is 8.15. The van der Waals surface area contributed by atoms with Gasteiger partial charge in [0.2, 0.25) is 0 Å². The molecule has 0 atom stereocenters. The minimum Gasteiger partial charge on any atom is -0.388 e. The highest BCUT2D eigenvalue weighted by Gasteiger charge is 2.01. The fourth-order valence-electron chi connectivity index (χ4n) is 1.94. The van der Waals surface area contributed by atoms with Crippen molar-refractivity contribution in [1.82, 2.24) is 0 Å². The Morgan fingerprint density at radius 3 is 2.10 bits per heavy atom. The lowest BCUT2D eigenvalue weighted by Crippen LogP contribution is -1.92. The van der Waals surface area contributed by atoms with Crippen LogP contribution in [0.1, 0.15) is 30.5 Å². The van der Waals surface area contributed by atoms with Crippen molar-refractivity contribution in [3.63, 3.8) is 0 Å². The molecule has 2 rings (SSSR count). The Labute approximate surface area is 128 Å². The van der Waals surface area contributed by atoms with Gasteiger partial charge in [0.15, 0.2) is 0 Å². The highest BCUT2D eigenvalue weighted by atomic mass is 14.8. The van der Waals surface area contributed by atoms with Gasteiger partial charge in [0.1, 0.15) is 0 Å². The smallest absolute Gasteiger partial charge is 0.0337 e. The van der Waals surface area contributed by atoms with E-state index in [2.05, 4.69) is 42.1 Å². The number of nitrogens with one attached hydrogen (secondary N) is 1. The Balaban J connectivity index is 0.00000106. The number of rotatable bonds is 4. The molecule has 0 bridgehead atoms. The Morgan fingerprint density at radius 2 is 1.62 bits per heavy atom. The van der Waals surface area contributed by atoms with Gasteiger partial charge in [-0.1, -0.05) is 50.6 Å². The third kappa shape index (κ3) is 4.85. The van der Waals surface area contributed by atoms with Crippen molar-refractivity contribution in [2.45, 2.75) is 20.3 Å². The SMILES string of the molecule is C#Cc1ccc(C(=C)Cc2ccc(NC)cc2)cc1.CC. The second-order valence-electron chi connectivity index (χ2n) is 4.45. The molecule has 0 spiro atoms. The molecule has 1 N–H and O–H groups in total. The van der Waals surface area contributed by atoms with E-state index in [0.717, 1.165) is 28.8 Å². The lowest BCUT2D eigenvalue weighted by Gasteiger charge is -2.07. The molecular formula is C20H23N. The Morgan fingerprint density at radius 1 is 1.05 bits per heavy atom. The van der Waals surface area contributed by atoms with E-state index in [-0.39, 0.29) is 0 Å². The molecule has 0 aliphatic heterocycles. The van der Waals surface area contributed by atoms with Gasteiger partial charge in [0.05, 0.1) is 0 Å². The van der Waals surface area contributed by atoms with E-state index in [1.165, 1.54) is 5.56 Å². The van der Waals surface area contributed by atoms with Crippen LogP contribution in [-0.2, 0) is 6.42 Å². The molecule has 0 heterocycles. The molecule has 0 radical (unpaired) electrons. The van der Waals surface area contributed by atoms with Gasteiger partial charge in [-0.15, -0.1) is 6.42 Å². The van der Waals surface area contributed by atoms with Gasteiger partial charge in [0.25, 0.3) is 0 Å². The highest BCUT2D eigenvalue weighted by Crippen LogP contribution is 2.19. The van der Waals surface area contributed by atoms with Gasteiger partial charge in [-0.25, -0.2) is 0 Å². The van der Waals surface area contributed by atoms with E-state index in [4.69, 9.17) is 6.42 Å². The third-order valence-corrected chi connectivity index (χ3v) is 3.12. The maximum Gasteiger partial charge on any atom is 0.0337 e. The molecule has 1 nitrogen and oxygen atoms in total. The summed E-state index contributed by atoms with van der Waals surface area (Å²) in [5.41, 5.74) is 5.50. The summed E-state index contributed by atoms with van der Waals surface area (Å²) in [5.74, 6) is 2.62. The van der Waals surface area contributed by atoms with Crippen molar-refractivity contribution in [3.05, 3.63) is 71.8 Å². The zero-order valence-corrected chi connectivity index (χ0v) is 13.1. The summed E-state index contributed by atoms with van der Waals surface area (Å²) in [7, 11) is 1.92. The molecule has 2 aromatic carbocycles. The minimum absolute atomic E-state index is 0.847. The van der Waals surface area contributed by atoms with Crippen molar-refractivity contribution < 1.29 is 0 Å². The monoisotopic (exact) mass is 277 g/mol. The highest BCUT2D eigenvalue weighted by molar-refractivity contribution is 5.66. The number of terminal acetylenes is 1. The summed E-state index contributed by atoms with van der Waals surface area (Å²) in [4.78, 5) is 0. The van der Waals surface area contributed by atoms with Crippen LogP contribution in [0.25, 0.3) is 5.57 Å². The molecule has 0 aliphatic rings. The molecule has 2 aromatic rings. The fraction of sp³-hybridized carbons (Fsp3) is 0.200. The van der Waals surface area contributed by atoms with Crippen LogP contribution in [-0.4, -0.2) is 7.05 Å². The van der Waals surface area contributed by atoms with Crippen LogP contribution in [0.15, 0.2) is 55.1 Å². The van der Waals surface area contributed by atoms with E-state index < -0.39 is 0 Å². The third-order valence-electron chi connectivity index (χ3n) is 3.12. The summed E-state index contributed by atoms with van der Waals surface area (Å²) >= 11 is 0. The van der Waals surface area contributed by atoms with Gasteiger partial charge in [-0.05, 0) is 47.4 Å². The van der Waals surface area contributed by atoms with Crippen molar-refractivity contribution in [2.24, 2.45) is 0 Å². The normalized spacial score (nSPS) is 9.05. The maximum absolute atomic E-state index is 5.35. The average molecular weight is 277 g/mol. The number of hydrogen-bond donors (Lipinski definition) is 1. The molecule has 108 valence electrons. The van der Waals surface area contributed by atoms with Crippen LogP contribution in [0.3, 0.4) is 0 Å². The molecule has 0 fully saturated rings. The predicted octanol–water partition coefficient (Wildman–Crippen LogP) is 4.99. The number of hydrogen-bond acceptors (Lipinski definition) is 1. The maximum atomic E-state index is 5.35. The molecule has 0 aromatic heterocycles. The van der Waals surface area contributed by atoms with Crippen molar-refractivity contribution in [1.29, 1.82) is 0 Å². The van der Waals surface area contributed by atoms with Crippen LogP contribution in [0, 0.1) is 12.3 Å². The van der Waals surface area contributed by atoms with Crippen molar-refractivity contribution in [2.75, 3.05) is 12.4 Å². The fourth-order valence-corrected chi connectivity index (χ4v) is 1.94. The Bertz CT molecular complexity index is 598. The first kappa shape index (κ1) is 16.6. The standard InChI is InChI=1S/C18H17N.C2H6/c1-4-15-5-9-17(10-6-15)14(2)13-16-7-11-18(19-3)12-8-16;1-2/h1,5-12,19H,2,13H2,3H3;1-2H3. The first-order valence-corrected chi connectivity index (χ1v) is 7.24. The first-order chi connectivity index (χ1) is 10.2. The van der Waals surface area contributed by atoms with Crippen LogP contribution >= 0.6 is 0 Å². The van der Waals surface area contributed by atoms with Gasteiger partial charge in [-0.2, -0.15) is 0 Å². The topological polar surface area (TPSA) is 12.0 Å². The summed E-state index contributed by atoms with van der Waals surface area (Å²) < 4.78 is 0. The van der Waals surface area contributed by atoms with Crippen molar-refractivity contribution in [3.8, 4) is 12.3 Å². The predicted molar refractivity (Wildman–Crippen MR) is 94.5 cm³/mol. The lowest BCUT2D eigenvalue weighted by atomic mass is 9.99. The summed E-state index contributed by atoms with van der Waals surface area (Å²) in [6, 6.07) is 16.3. The number of anilines is 1. The molecule has 0 amide bonds. The molecule has 0 saturated carbocycles. The molecular weight excluding hydrogens is 254 g/mol. The molecule has 0 aliphatic carbocycles. The van der Waals surface area contributed by atoms with Gasteiger partial charge < -0.3 is 5.32 Å². The lowest BCUT2D eigenvalue weighted by molar-refractivity contribution is 1.28. The van der Waals surface area contributed by atoms with E-state index >= 15 is 0 Å². The number of benzene rings is 2. The van der Waals surface area contributed by atoms with Gasteiger partial charge >= 0.3 is 0 Å². The van der Waals surface area contributed by atoms with Crippen LogP contribution in [0.2, 0.25) is 0 Å². The summed E-state index contributed by atoms with van der Waals surface area (Å²) in [5, 5.41) is 3.11. The van der Waals surface area contributed by atoms with E-state index in [1.54, 1.807) is 0 Å². The second-order valence-corrected chi connectivity index (χ2v) is 4.45. The zero-order valence-electron chi connectivity index (χ0n) is 13.1. The molecule has 0 saturated heterocycles. The quantitative estimate of drug-likeness (QED) is 0.776. The second kappa shape index (κ2) is 8.66. The van der Waals surface area contributed by atoms with E-state index in [9.17, 15) is 0 Å². The Kier molecular flexibility index (Phi) is 6.84. The minimum atomic E-state index is 0.847. The van der Waals surface area contributed by atoms with Gasteiger partial charge in [-0.3, -0.25) is 0 Å². The van der Waals surface area contributed by atoms with Crippen LogP contribution < -0.4 is 5.32 Å². The van der Waals surface area contributed by atoms with Crippen LogP contribution in [0.5, 0.6) is 0 Å². The van der Waals surface area contributed by atoms with E-state index in [1.807, 2.05) is 45.2 Å². The van der Waals surface area contributed by atoms with Gasteiger partial charge in [0, 0.05) is 18.3 Å².